The van der Waals surface area contributed by atoms with Crippen molar-refractivity contribution in [3.05, 3.63) is 57.9 Å². The number of nitrogens with zero attached hydrogens (tertiary/aromatic N) is 3. The van der Waals surface area contributed by atoms with Gasteiger partial charge in [-0.05, 0) is 30.7 Å². The number of aromatic nitrogens is 3. The van der Waals surface area contributed by atoms with Crippen LogP contribution in [0.2, 0.25) is 10.0 Å². The van der Waals surface area contributed by atoms with Crippen LogP contribution >= 0.6 is 46.3 Å². The number of halogens is 2. The summed E-state index contributed by atoms with van der Waals surface area (Å²) in [5.74, 6) is 0.903. The minimum atomic E-state index is -0.146. The number of thioether (sulfide) groups is 1. The molecule has 0 aliphatic carbocycles. The number of hydrogen-bond donors (Lipinski definition) is 1. The number of anilines is 1. The first-order chi connectivity index (χ1) is 14.6. The normalized spacial score (nSPS) is 11.2. The summed E-state index contributed by atoms with van der Waals surface area (Å²) in [5.41, 5.74) is 1.68. The Labute approximate surface area is 192 Å². The Kier molecular flexibility index (Phi) is 6.63. The molecule has 9 heteroatoms. The van der Waals surface area contributed by atoms with Gasteiger partial charge in [0, 0.05) is 33.3 Å². The van der Waals surface area contributed by atoms with Crippen LogP contribution in [0.4, 0.5) is 5.69 Å². The molecule has 4 rings (SSSR count). The summed E-state index contributed by atoms with van der Waals surface area (Å²) in [5, 5.41) is 16.5. The van der Waals surface area contributed by atoms with Crippen LogP contribution in [-0.4, -0.2) is 26.4 Å². The highest BCUT2D eigenvalue weighted by molar-refractivity contribution is 7.99. The molecule has 0 saturated heterocycles. The monoisotopic (exact) mass is 476 g/mol. The first-order valence-electron chi connectivity index (χ1n) is 9.34. The van der Waals surface area contributed by atoms with E-state index in [4.69, 9.17) is 23.2 Å². The van der Waals surface area contributed by atoms with E-state index in [1.165, 1.54) is 21.8 Å². The Morgan fingerprint density at radius 1 is 1.17 bits per heavy atom. The van der Waals surface area contributed by atoms with Gasteiger partial charge in [-0.25, -0.2) is 0 Å². The number of amides is 1. The molecule has 0 aliphatic heterocycles. The van der Waals surface area contributed by atoms with Gasteiger partial charge in [-0.1, -0.05) is 60.1 Å². The summed E-state index contributed by atoms with van der Waals surface area (Å²) >= 11 is 15.0. The van der Waals surface area contributed by atoms with Crippen LogP contribution in [0.5, 0.6) is 0 Å². The third kappa shape index (κ3) is 4.49. The number of carbonyl (C=O) groups is 1. The van der Waals surface area contributed by atoms with Crippen molar-refractivity contribution < 1.29 is 4.79 Å². The number of fused-ring (bicyclic) bond motifs is 1. The molecule has 154 valence electrons. The summed E-state index contributed by atoms with van der Waals surface area (Å²) < 4.78 is 3.31. The fourth-order valence-electron chi connectivity index (χ4n) is 3.07. The lowest BCUT2D eigenvalue weighted by Gasteiger charge is -2.09. The second-order valence-corrected chi connectivity index (χ2v) is 9.24. The predicted molar refractivity (Wildman–Crippen MR) is 127 cm³/mol. The minimum absolute atomic E-state index is 0.146. The van der Waals surface area contributed by atoms with Crippen LogP contribution in [0.3, 0.4) is 0 Å². The zero-order valence-corrected chi connectivity index (χ0v) is 19.2. The molecule has 0 saturated carbocycles. The molecular formula is C21H18Cl2N4OS2. The van der Waals surface area contributed by atoms with Crippen LogP contribution in [-0.2, 0) is 11.3 Å². The summed E-state index contributed by atoms with van der Waals surface area (Å²) in [6, 6.07) is 13.3. The van der Waals surface area contributed by atoms with E-state index in [1.54, 1.807) is 29.5 Å². The highest BCUT2D eigenvalue weighted by Gasteiger charge is 2.18. The fourth-order valence-corrected chi connectivity index (χ4v) is 5.07. The van der Waals surface area contributed by atoms with Crippen LogP contribution in [0, 0.1) is 0 Å². The summed E-state index contributed by atoms with van der Waals surface area (Å²) in [4.78, 5) is 12.4. The molecule has 0 atom stereocenters. The highest BCUT2D eigenvalue weighted by atomic mass is 35.5. The molecule has 0 spiro atoms. The lowest BCUT2D eigenvalue weighted by molar-refractivity contribution is -0.113. The van der Waals surface area contributed by atoms with E-state index in [-0.39, 0.29) is 11.7 Å². The number of rotatable bonds is 7. The van der Waals surface area contributed by atoms with Gasteiger partial charge >= 0.3 is 0 Å². The van der Waals surface area contributed by atoms with Crippen LogP contribution in [0.1, 0.15) is 13.3 Å². The molecular weight excluding hydrogens is 459 g/mol. The highest BCUT2D eigenvalue weighted by Crippen LogP contribution is 2.34. The van der Waals surface area contributed by atoms with Crippen molar-refractivity contribution >= 4 is 68.0 Å². The minimum Gasteiger partial charge on any atom is -0.325 e. The van der Waals surface area contributed by atoms with E-state index < -0.39 is 0 Å². The number of carbonyl (C=O) groups excluding carboxylic acids is 1. The zero-order chi connectivity index (χ0) is 21.1. The third-order valence-corrected chi connectivity index (χ3v) is 7.09. The second-order valence-electron chi connectivity index (χ2n) is 6.57. The summed E-state index contributed by atoms with van der Waals surface area (Å²) in [6.07, 6.45) is 0.941. The SMILES string of the molecule is CCCn1c(SCC(=O)Nc2ccc(Cl)c(Cl)c2)nnc1-c1csc2ccccc12. The van der Waals surface area contributed by atoms with Gasteiger partial charge in [0.1, 0.15) is 0 Å². The molecule has 0 fully saturated rings. The Bertz CT molecular complexity index is 1200. The van der Waals surface area contributed by atoms with Gasteiger partial charge in [0.25, 0.3) is 0 Å². The number of thiophene rings is 1. The first kappa shape index (κ1) is 21.2. The third-order valence-electron chi connectivity index (χ3n) is 4.42. The van der Waals surface area contributed by atoms with Crippen molar-refractivity contribution in [3.63, 3.8) is 0 Å². The van der Waals surface area contributed by atoms with E-state index in [0.29, 0.717) is 15.7 Å². The molecule has 0 bridgehead atoms. The van der Waals surface area contributed by atoms with Crippen molar-refractivity contribution in [2.24, 2.45) is 0 Å². The van der Waals surface area contributed by atoms with E-state index in [0.717, 1.165) is 29.5 Å². The molecule has 30 heavy (non-hydrogen) atoms. The predicted octanol–water partition coefficient (Wildman–Crippen LogP) is 6.61. The van der Waals surface area contributed by atoms with Crippen molar-refractivity contribution in [1.29, 1.82) is 0 Å². The lowest BCUT2D eigenvalue weighted by Crippen LogP contribution is -2.14. The molecule has 0 aliphatic rings. The van der Waals surface area contributed by atoms with Gasteiger partial charge < -0.3 is 9.88 Å². The second kappa shape index (κ2) is 9.39. The number of nitrogens with one attached hydrogen (secondary N) is 1. The van der Waals surface area contributed by atoms with Gasteiger partial charge in [-0.15, -0.1) is 21.5 Å². The smallest absolute Gasteiger partial charge is 0.234 e. The van der Waals surface area contributed by atoms with E-state index in [2.05, 4.69) is 44.5 Å². The molecule has 1 amide bonds. The quantitative estimate of drug-likeness (QED) is 0.305. The van der Waals surface area contributed by atoms with Gasteiger partial charge in [-0.2, -0.15) is 0 Å². The van der Waals surface area contributed by atoms with Crippen LogP contribution in [0.25, 0.3) is 21.5 Å². The molecule has 0 radical (unpaired) electrons. The van der Waals surface area contributed by atoms with E-state index in [1.807, 2.05) is 12.1 Å². The van der Waals surface area contributed by atoms with Crippen LogP contribution in [0.15, 0.2) is 53.0 Å². The van der Waals surface area contributed by atoms with Gasteiger partial charge in [0.15, 0.2) is 11.0 Å². The van der Waals surface area contributed by atoms with Gasteiger partial charge in [0.2, 0.25) is 5.91 Å². The molecule has 5 nitrogen and oxygen atoms in total. The standard InChI is InChI=1S/C21H18Cl2N4OS2/c1-2-9-27-20(15-11-29-18-6-4-3-5-14(15)18)25-26-21(27)30-12-19(28)24-13-7-8-16(22)17(23)10-13/h3-8,10-11H,2,9,12H2,1H3,(H,24,28). The maximum atomic E-state index is 12.4. The molecule has 2 heterocycles. The lowest BCUT2D eigenvalue weighted by atomic mass is 10.1. The molecule has 0 unspecified atom stereocenters. The van der Waals surface area contributed by atoms with Crippen molar-refractivity contribution in [1.82, 2.24) is 14.8 Å². The molecule has 4 aromatic rings. The van der Waals surface area contributed by atoms with Crippen molar-refractivity contribution in [3.8, 4) is 11.4 Å². The fraction of sp³-hybridized carbons (Fsp3) is 0.190. The van der Waals surface area contributed by atoms with E-state index >= 15 is 0 Å². The topological polar surface area (TPSA) is 59.8 Å². The summed E-state index contributed by atoms with van der Waals surface area (Å²) in [7, 11) is 0. The van der Waals surface area contributed by atoms with E-state index in [9.17, 15) is 4.79 Å². The van der Waals surface area contributed by atoms with Gasteiger partial charge in [-0.3, -0.25) is 4.79 Å². The number of hydrogen-bond acceptors (Lipinski definition) is 5. The Morgan fingerprint density at radius 2 is 2.00 bits per heavy atom. The Balaban J connectivity index is 1.52. The maximum Gasteiger partial charge on any atom is 0.234 e. The molecule has 1 N–H and O–H groups in total. The molecule has 2 aromatic heterocycles. The average molecular weight is 477 g/mol. The number of benzene rings is 2. The van der Waals surface area contributed by atoms with Crippen molar-refractivity contribution in [2.45, 2.75) is 25.0 Å². The average Bonchev–Trinajstić information content (AvgIpc) is 3.33. The van der Waals surface area contributed by atoms with Crippen molar-refractivity contribution in [2.75, 3.05) is 11.1 Å². The first-order valence-corrected chi connectivity index (χ1v) is 12.0. The Hall–Kier alpha value is -2.06. The largest absolute Gasteiger partial charge is 0.325 e. The zero-order valence-electron chi connectivity index (χ0n) is 16.1. The maximum absolute atomic E-state index is 12.4. The van der Waals surface area contributed by atoms with Crippen LogP contribution < -0.4 is 5.32 Å². The molecule has 2 aromatic carbocycles. The summed E-state index contributed by atoms with van der Waals surface area (Å²) in [6.45, 7) is 2.89. The Morgan fingerprint density at radius 3 is 2.80 bits per heavy atom. The van der Waals surface area contributed by atoms with Gasteiger partial charge in [0.05, 0.1) is 15.8 Å².